The largest absolute Gasteiger partial charge is 0.355 e. The number of piperazine rings is 1. The van der Waals surface area contributed by atoms with Crippen LogP contribution in [-0.4, -0.2) is 86.6 Å². The van der Waals surface area contributed by atoms with Gasteiger partial charge in [0.25, 0.3) is 0 Å². The van der Waals surface area contributed by atoms with Crippen LogP contribution in [0.4, 0.5) is 0 Å². The fourth-order valence-electron chi connectivity index (χ4n) is 3.94. The molecule has 5 heteroatoms. The van der Waals surface area contributed by atoms with Crippen LogP contribution in [-0.2, 0) is 0 Å². The quantitative estimate of drug-likeness (QED) is 0.652. The molecule has 0 spiro atoms. The predicted molar refractivity (Wildman–Crippen MR) is 105 cm³/mol. The summed E-state index contributed by atoms with van der Waals surface area (Å²) in [6, 6.07) is 10.9. The summed E-state index contributed by atoms with van der Waals surface area (Å²) in [6.07, 6.45) is 1.21. The van der Waals surface area contributed by atoms with Gasteiger partial charge in [-0.25, -0.2) is 0 Å². The fraction of sp³-hybridized carbons (Fsp3) is 0.650. The monoisotopic (exact) mass is 343 g/mol. The molecule has 0 amide bonds. The molecule has 138 valence electrons. The maximum absolute atomic E-state index is 4.51. The van der Waals surface area contributed by atoms with Gasteiger partial charge in [-0.15, -0.1) is 0 Å². The van der Waals surface area contributed by atoms with E-state index < -0.39 is 0 Å². The molecule has 5 nitrogen and oxygen atoms in total. The summed E-state index contributed by atoms with van der Waals surface area (Å²) in [5.41, 5.74) is 1.45. The minimum Gasteiger partial charge on any atom is -0.355 e. The van der Waals surface area contributed by atoms with Crippen LogP contribution in [0, 0.1) is 0 Å². The van der Waals surface area contributed by atoms with Gasteiger partial charge in [-0.1, -0.05) is 37.3 Å². The maximum Gasteiger partial charge on any atom is 0.193 e. The van der Waals surface area contributed by atoms with E-state index in [1.807, 2.05) is 7.05 Å². The van der Waals surface area contributed by atoms with Crippen molar-refractivity contribution >= 4 is 5.96 Å². The van der Waals surface area contributed by atoms with E-state index in [0.717, 1.165) is 32.1 Å². The lowest BCUT2D eigenvalue weighted by molar-refractivity contribution is 0.139. The van der Waals surface area contributed by atoms with Crippen molar-refractivity contribution in [3.63, 3.8) is 0 Å². The second kappa shape index (κ2) is 9.20. The van der Waals surface area contributed by atoms with Crippen molar-refractivity contribution in [2.24, 2.45) is 4.99 Å². The normalized spacial score (nSPS) is 23.2. The molecule has 2 fully saturated rings. The van der Waals surface area contributed by atoms with Crippen LogP contribution < -0.4 is 5.32 Å². The third-order valence-electron chi connectivity index (χ3n) is 5.59. The molecule has 2 heterocycles. The maximum atomic E-state index is 4.51. The van der Waals surface area contributed by atoms with Crippen LogP contribution in [0.2, 0.25) is 0 Å². The van der Waals surface area contributed by atoms with Crippen LogP contribution >= 0.6 is 0 Å². The summed E-state index contributed by atoms with van der Waals surface area (Å²) >= 11 is 0. The zero-order valence-corrected chi connectivity index (χ0v) is 15.8. The second-order valence-electron chi connectivity index (χ2n) is 7.09. The van der Waals surface area contributed by atoms with Crippen molar-refractivity contribution in [2.75, 3.05) is 66.0 Å². The van der Waals surface area contributed by atoms with Crippen molar-refractivity contribution in [1.82, 2.24) is 20.0 Å². The number of nitrogens with one attached hydrogen (secondary N) is 1. The number of rotatable bonds is 5. The third kappa shape index (κ3) is 4.95. The first-order chi connectivity index (χ1) is 12.3. The SMILES string of the molecule is CCN1CCN(CCNC(=NC)N2CCC(c3ccccc3)C2)CC1. The van der Waals surface area contributed by atoms with Gasteiger partial charge in [0.15, 0.2) is 5.96 Å². The number of hydrogen-bond acceptors (Lipinski definition) is 3. The van der Waals surface area contributed by atoms with Crippen LogP contribution in [0.25, 0.3) is 0 Å². The Hall–Kier alpha value is -1.59. The molecule has 1 aromatic rings. The Morgan fingerprint density at radius 1 is 1.08 bits per heavy atom. The van der Waals surface area contributed by atoms with Gasteiger partial charge >= 0.3 is 0 Å². The minimum atomic E-state index is 0.627. The molecule has 2 aliphatic heterocycles. The third-order valence-corrected chi connectivity index (χ3v) is 5.59. The summed E-state index contributed by atoms with van der Waals surface area (Å²) in [5.74, 6) is 1.69. The molecule has 1 N–H and O–H groups in total. The molecule has 25 heavy (non-hydrogen) atoms. The zero-order valence-electron chi connectivity index (χ0n) is 15.8. The number of likely N-dealkylation sites (N-methyl/N-ethyl adjacent to an activating group) is 1. The average Bonchev–Trinajstić information content (AvgIpc) is 3.16. The van der Waals surface area contributed by atoms with E-state index in [1.165, 1.54) is 44.7 Å². The smallest absolute Gasteiger partial charge is 0.193 e. The lowest BCUT2D eigenvalue weighted by Gasteiger charge is -2.34. The molecular weight excluding hydrogens is 310 g/mol. The Balaban J connectivity index is 1.41. The highest BCUT2D eigenvalue weighted by Crippen LogP contribution is 2.26. The van der Waals surface area contributed by atoms with Crippen molar-refractivity contribution in [1.29, 1.82) is 0 Å². The predicted octanol–water partition coefficient (Wildman–Crippen LogP) is 1.69. The van der Waals surface area contributed by atoms with Gasteiger partial charge in [0.1, 0.15) is 0 Å². The Kier molecular flexibility index (Phi) is 6.70. The molecule has 0 aromatic heterocycles. The van der Waals surface area contributed by atoms with Gasteiger partial charge in [0, 0.05) is 65.3 Å². The summed E-state index contributed by atoms with van der Waals surface area (Å²) in [7, 11) is 1.90. The highest BCUT2D eigenvalue weighted by atomic mass is 15.3. The number of hydrogen-bond donors (Lipinski definition) is 1. The van der Waals surface area contributed by atoms with Gasteiger partial charge in [0.05, 0.1) is 0 Å². The molecular formula is C20H33N5. The van der Waals surface area contributed by atoms with Crippen LogP contribution in [0.15, 0.2) is 35.3 Å². The summed E-state index contributed by atoms with van der Waals surface area (Å²) in [5, 5.41) is 3.58. The van der Waals surface area contributed by atoms with Gasteiger partial charge in [-0.05, 0) is 18.5 Å². The summed E-state index contributed by atoms with van der Waals surface area (Å²) < 4.78 is 0. The van der Waals surface area contributed by atoms with E-state index in [4.69, 9.17) is 0 Å². The molecule has 3 rings (SSSR count). The molecule has 0 saturated carbocycles. The number of benzene rings is 1. The average molecular weight is 344 g/mol. The number of likely N-dealkylation sites (tertiary alicyclic amines) is 1. The molecule has 2 aliphatic rings. The first-order valence-electron chi connectivity index (χ1n) is 9.75. The van der Waals surface area contributed by atoms with Crippen molar-refractivity contribution in [3.05, 3.63) is 35.9 Å². The zero-order chi connectivity index (χ0) is 17.5. The van der Waals surface area contributed by atoms with E-state index in [9.17, 15) is 0 Å². The van der Waals surface area contributed by atoms with Gasteiger partial charge in [-0.2, -0.15) is 0 Å². The van der Waals surface area contributed by atoms with Crippen LogP contribution in [0.5, 0.6) is 0 Å². The van der Waals surface area contributed by atoms with Crippen LogP contribution in [0.1, 0.15) is 24.8 Å². The van der Waals surface area contributed by atoms with E-state index >= 15 is 0 Å². The Bertz CT molecular complexity index is 536. The van der Waals surface area contributed by atoms with Crippen molar-refractivity contribution < 1.29 is 0 Å². The molecule has 0 radical (unpaired) electrons. The first-order valence-corrected chi connectivity index (χ1v) is 9.75. The Labute approximate surface area is 152 Å². The molecule has 1 atom stereocenters. The Morgan fingerprint density at radius 3 is 2.48 bits per heavy atom. The number of guanidine groups is 1. The van der Waals surface area contributed by atoms with E-state index in [-0.39, 0.29) is 0 Å². The van der Waals surface area contributed by atoms with E-state index in [0.29, 0.717) is 5.92 Å². The Morgan fingerprint density at radius 2 is 1.80 bits per heavy atom. The summed E-state index contributed by atoms with van der Waals surface area (Å²) in [4.78, 5) is 12.0. The number of nitrogens with zero attached hydrogens (tertiary/aromatic N) is 4. The molecule has 1 aromatic carbocycles. The fourth-order valence-corrected chi connectivity index (χ4v) is 3.94. The van der Waals surface area contributed by atoms with Gasteiger partial charge < -0.3 is 15.1 Å². The molecule has 0 bridgehead atoms. The van der Waals surface area contributed by atoms with E-state index in [2.05, 4.69) is 62.3 Å². The second-order valence-corrected chi connectivity index (χ2v) is 7.09. The molecule has 2 saturated heterocycles. The van der Waals surface area contributed by atoms with Gasteiger partial charge in [-0.3, -0.25) is 9.89 Å². The summed E-state index contributed by atoms with van der Waals surface area (Å²) in [6.45, 7) is 12.5. The van der Waals surface area contributed by atoms with Crippen molar-refractivity contribution in [3.8, 4) is 0 Å². The molecule has 1 unspecified atom stereocenters. The van der Waals surface area contributed by atoms with Crippen LogP contribution in [0.3, 0.4) is 0 Å². The lowest BCUT2D eigenvalue weighted by atomic mass is 9.99. The molecule has 0 aliphatic carbocycles. The lowest BCUT2D eigenvalue weighted by Crippen LogP contribution is -2.49. The topological polar surface area (TPSA) is 34.1 Å². The van der Waals surface area contributed by atoms with Gasteiger partial charge in [0.2, 0.25) is 0 Å². The standard InChI is InChI=1S/C20H33N5/c1-3-23-13-15-24(16-14-23)12-10-22-20(21-2)25-11-9-19(17-25)18-7-5-4-6-8-18/h4-8,19H,3,9-17H2,1-2H3,(H,21,22). The van der Waals surface area contributed by atoms with Crippen molar-refractivity contribution in [2.45, 2.75) is 19.3 Å². The number of aliphatic imine (C=N–C) groups is 1. The first kappa shape index (κ1) is 18.2. The highest BCUT2D eigenvalue weighted by molar-refractivity contribution is 5.80. The minimum absolute atomic E-state index is 0.627. The highest BCUT2D eigenvalue weighted by Gasteiger charge is 2.26. The van der Waals surface area contributed by atoms with E-state index in [1.54, 1.807) is 0 Å².